The Morgan fingerprint density at radius 1 is 1.75 bits per heavy atom. The average molecular weight is 221 g/mol. The molecule has 0 aromatic carbocycles. The van der Waals surface area contributed by atoms with Crippen molar-refractivity contribution in [1.29, 1.82) is 5.26 Å². The molecule has 1 aromatic heterocycles. The Morgan fingerprint density at radius 2 is 2.50 bits per heavy atom. The molecule has 84 valence electrons. The highest BCUT2D eigenvalue weighted by Crippen LogP contribution is 2.06. The van der Waals surface area contributed by atoms with Crippen molar-refractivity contribution >= 4 is 11.8 Å². The first-order valence-electron chi connectivity index (χ1n) is 4.53. The molecule has 6 heteroatoms. The molecule has 0 saturated heterocycles. The van der Waals surface area contributed by atoms with Crippen molar-refractivity contribution in [3.05, 3.63) is 23.9 Å². The van der Waals surface area contributed by atoms with Crippen LogP contribution in [-0.2, 0) is 9.53 Å². The summed E-state index contributed by atoms with van der Waals surface area (Å²) in [6.07, 6.45) is 0. The fourth-order valence-electron chi connectivity index (χ4n) is 1.08. The van der Waals surface area contributed by atoms with Gasteiger partial charge >= 0.3 is 5.97 Å². The monoisotopic (exact) mass is 221 g/mol. The van der Waals surface area contributed by atoms with Crippen LogP contribution in [0.25, 0.3) is 0 Å². The Bertz CT molecular complexity index is 414. The Hall–Kier alpha value is -2.13. The molecule has 0 fully saturated rings. The van der Waals surface area contributed by atoms with E-state index in [1.54, 1.807) is 12.1 Å². The lowest BCUT2D eigenvalue weighted by molar-refractivity contribution is -0.142. The van der Waals surface area contributed by atoms with Crippen molar-refractivity contribution in [2.45, 2.75) is 6.04 Å². The van der Waals surface area contributed by atoms with Gasteiger partial charge in [-0.1, -0.05) is 6.07 Å². The molecule has 1 unspecified atom stereocenters. The molecule has 0 aliphatic rings. The summed E-state index contributed by atoms with van der Waals surface area (Å²) in [6.45, 7) is -0.412. The van der Waals surface area contributed by atoms with Crippen LogP contribution in [0.15, 0.2) is 18.2 Å². The summed E-state index contributed by atoms with van der Waals surface area (Å²) in [5.41, 5.74) is 0.228. The van der Waals surface area contributed by atoms with E-state index < -0.39 is 18.6 Å². The normalized spacial score (nSPS) is 11.3. The number of anilines is 1. The molecule has 1 heterocycles. The van der Waals surface area contributed by atoms with Crippen LogP contribution in [0.5, 0.6) is 0 Å². The highest BCUT2D eigenvalue weighted by Gasteiger charge is 2.18. The van der Waals surface area contributed by atoms with Gasteiger partial charge in [0.2, 0.25) is 0 Å². The second-order valence-electron chi connectivity index (χ2n) is 2.92. The number of methoxy groups -OCH3 is 1. The van der Waals surface area contributed by atoms with E-state index in [1.807, 2.05) is 6.07 Å². The molecule has 2 N–H and O–H groups in total. The maximum Gasteiger partial charge on any atom is 0.330 e. The van der Waals surface area contributed by atoms with Gasteiger partial charge in [0.15, 0.2) is 0 Å². The lowest BCUT2D eigenvalue weighted by Crippen LogP contribution is -2.34. The van der Waals surface area contributed by atoms with Crippen LogP contribution in [0.4, 0.5) is 5.82 Å². The molecule has 1 rings (SSSR count). The molecule has 1 aromatic rings. The second kappa shape index (κ2) is 5.68. The third kappa shape index (κ3) is 2.93. The van der Waals surface area contributed by atoms with Crippen LogP contribution in [0.1, 0.15) is 5.69 Å². The van der Waals surface area contributed by atoms with E-state index in [1.165, 1.54) is 13.2 Å². The highest BCUT2D eigenvalue weighted by atomic mass is 16.5. The number of ether oxygens (including phenoxy) is 1. The number of pyridine rings is 1. The molecule has 0 amide bonds. The average Bonchev–Trinajstić information content (AvgIpc) is 2.35. The Balaban J connectivity index is 2.78. The third-order valence-electron chi connectivity index (χ3n) is 1.85. The lowest BCUT2D eigenvalue weighted by Gasteiger charge is -2.14. The molecular formula is C10H11N3O3. The van der Waals surface area contributed by atoms with Gasteiger partial charge in [-0.3, -0.25) is 0 Å². The SMILES string of the molecule is COC(=O)C(CO)Nc1cccc(C#N)n1. The van der Waals surface area contributed by atoms with Crippen LogP contribution in [0, 0.1) is 11.3 Å². The molecule has 0 radical (unpaired) electrons. The Kier molecular flexibility index (Phi) is 4.24. The van der Waals surface area contributed by atoms with Gasteiger partial charge in [-0.15, -0.1) is 0 Å². The minimum atomic E-state index is -0.883. The summed E-state index contributed by atoms with van der Waals surface area (Å²) < 4.78 is 4.48. The minimum Gasteiger partial charge on any atom is -0.467 e. The first-order chi connectivity index (χ1) is 7.71. The molecule has 1 atom stereocenters. The van der Waals surface area contributed by atoms with Crippen LogP contribution in [-0.4, -0.2) is 35.8 Å². The van der Waals surface area contributed by atoms with Crippen molar-refractivity contribution in [3.8, 4) is 6.07 Å². The minimum absolute atomic E-state index is 0.228. The number of nitriles is 1. The molecule has 0 aliphatic carbocycles. The molecule has 0 bridgehead atoms. The Morgan fingerprint density at radius 3 is 3.06 bits per heavy atom. The first-order valence-corrected chi connectivity index (χ1v) is 4.53. The van der Waals surface area contributed by atoms with Gasteiger partial charge < -0.3 is 15.2 Å². The highest BCUT2D eigenvalue weighted by molar-refractivity contribution is 5.78. The standard InChI is InChI=1S/C10H11N3O3/c1-16-10(15)8(6-14)13-9-4-2-3-7(5-11)12-9/h2-4,8,14H,6H2,1H3,(H,12,13). The quantitative estimate of drug-likeness (QED) is 0.689. The van der Waals surface area contributed by atoms with Crippen molar-refractivity contribution in [2.75, 3.05) is 19.0 Å². The third-order valence-corrected chi connectivity index (χ3v) is 1.85. The van der Waals surface area contributed by atoms with Gasteiger partial charge in [0.1, 0.15) is 23.6 Å². The number of nitrogens with zero attached hydrogens (tertiary/aromatic N) is 2. The summed E-state index contributed by atoms with van der Waals surface area (Å²) in [4.78, 5) is 15.1. The topological polar surface area (TPSA) is 95.2 Å². The number of aromatic nitrogens is 1. The van der Waals surface area contributed by atoms with Crippen LogP contribution < -0.4 is 5.32 Å². The van der Waals surface area contributed by atoms with E-state index in [-0.39, 0.29) is 5.69 Å². The van der Waals surface area contributed by atoms with E-state index >= 15 is 0 Å². The van der Waals surface area contributed by atoms with Gasteiger partial charge in [0, 0.05) is 0 Å². The number of carbonyl (C=O) groups is 1. The summed E-state index contributed by atoms with van der Waals surface area (Å²) >= 11 is 0. The van der Waals surface area contributed by atoms with Gasteiger partial charge in [-0.25, -0.2) is 9.78 Å². The van der Waals surface area contributed by atoms with Gasteiger partial charge in [-0.05, 0) is 12.1 Å². The van der Waals surface area contributed by atoms with E-state index in [4.69, 9.17) is 10.4 Å². The fourth-order valence-corrected chi connectivity index (χ4v) is 1.08. The van der Waals surface area contributed by atoms with Crippen LogP contribution in [0.2, 0.25) is 0 Å². The molecule has 16 heavy (non-hydrogen) atoms. The van der Waals surface area contributed by atoms with Crippen molar-refractivity contribution < 1.29 is 14.6 Å². The maximum atomic E-state index is 11.2. The number of hydrogen-bond donors (Lipinski definition) is 2. The van der Waals surface area contributed by atoms with Gasteiger partial charge in [0.05, 0.1) is 13.7 Å². The zero-order chi connectivity index (χ0) is 12.0. The second-order valence-corrected chi connectivity index (χ2v) is 2.92. The van der Waals surface area contributed by atoms with E-state index in [0.29, 0.717) is 5.82 Å². The number of esters is 1. The van der Waals surface area contributed by atoms with Gasteiger partial charge in [-0.2, -0.15) is 5.26 Å². The molecule has 0 spiro atoms. The van der Waals surface area contributed by atoms with E-state index in [9.17, 15) is 4.79 Å². The van der Waals surface area contributed by atoms with E-state index in [2.05, 4.69) is 15.0 Å². The van der Waals surface area contributed by atoms with Crippen LogP contribution in [0.3, 0.4) is 0 Å². The number of rotatable bonds is 4. The molecule has 0 aliphatic heterocycles. The number of nitrogens with one attached hydrogen (secondary N) is 1. The number of hydrogen-bond acceptors (Lipinski definition) is 6. The zero-order valence-electron chi connectivity index (χ0n) is 8.67. The number of aliphatic hydroxyl groups excluding tert-OH is 1. The summed E-state index contributed by atoms with van der Waals surface area (Å²) in [5.74, 6) is -0.254. The summed E-state index contributed by atoms with van der Waals surface area (Å²) in [7, 11) is 1.23. The van der Waals surface area contributed by atoms with Crippen molar-refractivity contribution in [3.63, 3.8) is 0 Å². The summed E-state index contributed by atoms with van der Waals surface area (Å²) in [6, 6.07) is 5.74. The number of carbonyl (C=O) groups excluding carboxylic acids is 1. The predicted molar refractivity (Wildman–Crippen MR) is 55.5 cm³/mol. The summed E-state index contributed by atoms with van der Waals surface area (Å²) in [5, 5.41) is 20.3. The molecular weight excluding hydrogens is 210 g/mol. The van der Waals surface area contributed by atoms with Crippen molar-refractivity contribution in [2.24, 2.45) is 0 Å². The van der Waals surface area contributed by atoms with Crippen molar-refractivity contribution in [1.82, 2.24) is 4.98 Å². The lowest BCUT2D eigenvalue weighted by atomic mass is 10.3. The fraction of sp³-hybridized carbons (Fsp3) is 0.300. The number of aliphatic hydroxyl groups is 1. The maximum absolute atomic E-state index is 11.2. The molecule has 6 nitrogen and oxygen atoms in total. The van der Waals surface area contributed by atoms with Crippen LogP contribution >= 0.6 is 0 Å². The Labute approximate surface area is 92.5 Å². The molecule has 0 saturated carbocycles. The van der Waals surface area contributed by atoms with E-state index in [0.717, 1.165) is 0 Å². The largest absolute Gasteiger partial charge is 0.467 e. The first kappa shape index (κ1) is 11.9. The van der Waals surface area contributed by atoms with Gasteiger partial charge in [0.25, 0.3) is 0 Å². The predicted octanol–water partition coefficient (Wildman–Crippen LogP) is -0.101. The smallest absolute Gasteiger partial charge is 0.330 e. The zero-order valence-corrected chi connectivity index (χ0v) is 8.67.